The molecule has 10 nitrogen and oxygen atoms in total. The SMILES string of the molecule is COCCNc1ccc(C(=O)N2CCN(Cc3nc(C)c(C)o3)CC2)cc1[N+](=O)[O-]. The third-order valence-electron chi connectivity index (χ3n) is 5.15. The molecule has 0 radical (unpaired) electrons. The monoisotopic (exact) mass is 417 g/mol. The Balaban J connectivity index is 1.61. The summed E-state index contributed by atoms with van der Waals surface area (Å²) < 4.78 is 10.6. The van der Waals surface area contributed by atoms with Crippen LogP contribution < -0.4 is 5.32 Å². The highest BCUT2D eigenvalue weighted by Gasteiger charge is 2.25. The number of carbonyl (C=O) groups excluding carboxylic acids is 1. The molecule has 0 aliphatic carbocycles. The van der Waals surface area contributed by atoms with Crippen molar-refractivity contribution in [2.24, 2.45) is 0 Å². The van der Waals surface area contributed by atoms with E-state index in [9.17, 15) is 14.9 Å². The Morgan fingerprint density at radius 1 is 1.30 bits per heavy atom. The van der Waals surface area contributed by atoms with Crippen molar-refractivity contribution in [3.8, 4) is 0 Å². The minimum absolute atomic E-state index is 0.120. The molecule has 2 aromatic rings. The van der Waals surface area contributed by atoms with Crippen molar-refractivity contribution in [2.45, 2.75) is 20.4 Å². The van der Waals surface area contributed by atoms with Gasteiger partial charge in [0.05, 0.1) is 23.8 Å². The normalized spacial score (nSPS) is 14.7. The van der Waals surface area contributed by atoms with E-state index in [0.29, 0.717) is 63.0 Å². The number of methoxy groups -OCH3 is 1. The average Bonchev–Trinajstić information content (AvgIpc) is 3.05. The van der Waals surface area contributed by atoms with Crippen LogP contribution in [0.4, 0.5) is 11.4 Å². The summed E-state index contributed by atoms with van der Waals surface area (Å²) in [6.45, 7) is 7.72. The van der Waals surface area contributed by atoms with E-state index in [1.807, 2.05) is 13.8 Å². The second-order valence-corrected chi connectivity index (χ2v) is 7.23. The summed E-state index contributed by atoms with van der Waals surface area (Å²) in [7, 11) is 1.56. The zero-order valence-electron chi connectivity index (χ0n) is 17.5. The quantitative estimate of drug-likeness (QED) is 0.395. The minimum Gasteiger partial charge on any atom is -0.444 e. The first-order valence-corrected chi connectivity index (χ1v) is 9.85. The van der Waals surface area contributed by atoms with E-state index in [2.05, 4.69) is 15.2 Å². The maximum atomic E-state index is 12.9. The van der Waals surface area contributed by atoms with Crippen molar-refractivity contribution in [2.75, 3.05) is 51.8 Å². The van der Waals surface area contributed by atoms with Crippen molar-refractivity contribution in [1.29, 1.82) is 0 Å². The molecule has 30 heavy (non-hydrogen) atoms. The summed E-state index contributed by atoms with van der Waals surface area (Å²) in [6.07, 6.45) is 0. The van der Waals surface area contributed by atoms with E-state index in [1.165, 1.54) is 6.07 Å². The average molecular weight is 417 g/mol. The molecule has 1 aliphatic rings. The fourth-order valence-corrected chi connectivity index (χ4v) is 3.34. The molecule has 1 N–H and O–H groups in total. The second kappa shape index (κ2) is 9.68. The number of anilines is 1. The lowest BCUT2D eigenvalue weighted by molar-refractivity contribution is -0.384. The van der Waals surface area contributed by atoms with Gasteiger partial charge in [0.1, 0.15) is 11.4 Å². The summed E-state index contributed by atoms with van der Waals surface area (Å²) in [5, 5.41) is 14.4. The lowest BCUT2D eigenvalue weighted by atomic mass is 10.1. The van der Waals surface area contributed by atoms with Crippen LogP contribution in [0.3, 0.4) is 0 Å². The number of nitrogens with zero attached hydrogens (tertiary/aromatic N) is 4. The molecule has 1 aliphatic heterocycles. The van der Waals surface area contributed by atoms with Gasteiger partial charge in [-0.05, 0) is 26.0 Å². The third-order valence-corrected chi connectivity index (χ3v) is 5.15. The number of aromatic nitrogens is 1. The molecule has 10 heteroatoms. The summed E-state index contributed by atoms with van der Waals surface area (Å²) in [6, 6.07) is 4.53. The van der Waals surface area contributed by atoms with Crippen molar-refractivity contribution in [1.82, 2.24) is 14.8 Å². The highest BCUT2D eigenvalue weighted by molar-refractivity contribution is 5.95. The predicted molar refractivity (Wildman–Crippen MR) is 111 cm³/mol. The van der Waals surface area contributed by atoms with Gasteiger partial charge in [-0.3, -0.25) is 19.8 Å². The molecule has 3 rings (SSSR count). The summed E-state index contributed by atoms with van der Waals surface area (Å²) in [5.41, 5.74) is 1.45. The maximum Gasteiger partial charge on any atom is 0.293 e. The zero-order valence-corrected chi connectivity index (χ0v) is 17.5. The molecule has 1 aromatic carbocycles. The van der Waals surface area contributed by atoms with Gasteiger partial charge in [-0.1, -0.05) is 0 Å². The molecule has 1 amide bonds. The molecule has 0 bridgehead atoms. The van der Waals surface area contributed by atoms with Gasteiger partial charge in [0.2, 0.25) is 5.89 Å². The van der Waals surface area contributed by atoms with Gasteiger partial charge in [0.25, 0.3) is 11.6 Å². The lowest BCUT2D eigenvalue weighted by Crippen LogP contribution is -2.48. The van der Waals surface area contributed by atoms with Crippen LogP contribution in [0.15, 0.2) is 22.6 Å². The number of rotatable bonds is 8. The molecule has 0 saturated carbocycles. The van der Waals surface area contributed by atoms with Gasteiger partial charge in [-0.2, -0.15) is 0 Å². The van der Waals surface area contributed by atoms with Gasteiger partial charge >= 0.3 is 0 Å². The van der Waals surface area contributed by atoms with Gasteiger partial charge in [-0.15, -0.1) is 0 Å². The Labute approximate surface area is 175 Å². The number of amides is 1. The highest BCUT2D eigenvalue weighted by Crippen LogP contribution is 2.26. The van der Waals surface area contributed by atoms with Gasteiger partial charge in [0.15, 0.2) is 0 Å². The summed E-state index contributed by atoms with van der Waals surface area (Å²) in [5.74, 6) is 1.29. The number of piperazine rings is 1. The topological polar surface area (TPSA) is 114 Å². The maximum absolute atomic E-state index is 12.9. The van der Waals surface area contributed by atoms with E-state index >= 15 is 0 Å². The van der Waals surface area contributed by atoms with Crippen LogP contribution in [0.2, 0.25) is 0 Å². The Kier molecular flexibility index (Phi) is 7.01. The van der Waals surface area contributed by atoms with E-state index in [0.717, 1.165) is 11.5 Å². The number of hydrogen-bond acceptors (Lipinski definition) is 8. The number of hydrogen-bond donors (Lipinski definition) is 1. The third kappa shape index (κ3) is 5.14. The first kappa shape index (κ1) is 21.7. The molecule has 1 aromatic heterocycles. The van der Waals surface area contributed by atoms with E-state index in [4.69, 9.17) is 9.15 Å². The molecule has 2 heterocycles. The Morgan fingerprint density at radius 2 is 2.03 bits per heavy atom. The first-order valence-electron chi connectivity index (χ1n) is 9.85. The number of aryl methyl sites for hydroxylation is 2. The second-order valence-electron chi connectivity index (χ2n) is 7.23. The number of carbonyl (C=O) groups is 1. The van der Waals surface area contributed by atoms with E-state index in [-0.39, 0.29) is 11.6 Å². The van der Waals surface area contributed by atoms with Crippen molar-refractivity contribution in [3.05, 3.63) is 51.2 Å². The van der Waals surface area contributed by atoms with Crippen LogP contribution in [0.1, 0.15) is 27.7 Å². The summed E-state index contributed by atoms with van der Waals surface area (Å²) in [4.78, 5) is 32.1. The molecule has 162 valence electrons. The molecular weight excluding hydrogens is 390 g/mol. The van der Waals surface area contributed by atoms with Gasteiger partial charge in [0, 0.05) is 51.5 Å². The fourth-order valence-electron chi connectivity index (χ4n) is 3.34. The standard InChI is InChI=1S/C20H27N5O5/c1-14-15(2)30-19(22-14)13-23-7-9-24(10-8-23)20(26)16-4-5-17(21-6-11-29-3)18(12-16)25(27)28/h4-5,12,21H,6-11,13H2,1-3H3. The summed E-state index contributed by atoms with van der Waals surface area (Å²) >= 11 is 0. The van der Waals surface area contributed by atoms with E-state index < -0.39 is 4.92 Å². The van der Waals surface area contributed by atoms with Crippen LogP contribution in [-0.4, -0.2) is 72.1 Å². The van der Waals surface area contributed by atoms with Gasteiger partial charge in [-0.25, -0.2) is 4.98 Å². The molecular formula is C20H27N5O5. The number of ether oxygens (including phenoxy) is 1. The predicted octanol–water partition coefficient (Wildman–Crippen LogP) is 2.22. The first-order chi connectivity index (χ1) is 14.4. The van der Waals surface area contributed by atoms with Crippen LogP contribution in [0.25, 0.3) is 0 Å². The van der Waals surface area contributed by atoms with E-state index in [1.54, 1.807) is 24.1 Å². The number of benzene rings is 1. The molecule has 0 atom stereocenters. The number of nitro benzene ring substituents is 1. The minimum atomic E-state index is -0.482. The largest absolute Gasteiger partial charge is 0.444 e. The van der Waals surface area contributed by atoms with Crippen molar-refractivity contribution in [3.63, 3.8) is 0 Å². The molecule has 0 unspecified atom stereocenters. The molecule has 1 saturated heterocycles. The Bertz CT molecular complexity index is 885. The molecule has 0 spiro atoms. The number of oxazole rings is 1. The molecule has 1 fully saturated rings. The van der Waals surface area contributed by atoms with Crippen LogP contribution >= 0.6 is 0 Å². The fraction of sp³-hybridized carbons (Fsp3) is 0.500. The number of nitrogens with one attached hydrogen (secondary N) is 1. The Hall–Kier alpha value is -2.98. The highest BCUT2D eigenvalue weighted by atomic mass is 16.6. The zero-order chi connectivity index (χ0) is 21.7. The van der Waals surface area contributed by atoms with Crippen LogP contribution in [0.5, 0.6) is 0 Å². The van der Waals surface area contributed by atoms with Crippen molar-refractivity contribution < 1.29 is 18.9 Å². The van der Waals surface area contributed by atoms with Crippen molar-refractivity contribution >= 4 is 17.3 Å². The Morgan fingerprint density at radius 3 is 2.63 bits per heavy atom. The van der Waals surface area contributed by atoms with Gasteiger partial charge < -0.3 is 19.4 Å². The van der Waals surface area contributed by atoms with Crippen LogP contribution in [0, 0.1) is 24.0 Å². The lowest BCUT2D eigenvalue weighted by Gasteiger charge is -2.34. The van der Waals surface area contributed by atoms with Crippen LogP contribution in [-0.2, 0) is 11.3 Å². The number of nitro groups is 1. The smallest absolute Gasteiger partial charge is 0.293 e.